The first kappa shape index (κ1) is 18.9. The first-order valence-corrected chi connectivity index (χ1v) is 9.73. The fourth-order valence-electron chi connectivity index (χ4n) is 3.47. The molecule has 2 aliphatic rings. The Hall–Kier alpha value is -1.88. The molecule has 142 valence electrons. The van der Waals surface area contributed by atoms with Gasteiger partial charge in [-0.15, -0.1) is 0 Å². The van der Waals surface area contributed by atoms with Crippen molar-refractivity contribution in [3.8, 4) is 0 Å². The van der Waals surface area contributed by atoms with Gasteiger partial charge in [-0.2, -0.15) is 0 Å². The zero-order valence-corrected chi connectivity index (χ0v) is 15.8. The average Bonchev–Trinajstić information content (AvgIpc) is 3.44. The average molecular weight is 358 g/mol. The van der Waals surface area contributed by atoms with Crippen LogP contribution in [0.15, 0.2) is 24.3 Å². The minimum absolute atomic E-state index is 0.0268. The molecule has 1 atom stereocenters. The third-order valence-corrected chi connectivity index (χ3v) is 5.21. The van der Waals surface area contributed by atoms with E-state index in [9.17, 15) is 14.7 Å². The number of hydrogen-bond acceptors (Lipinski definition) is 3. The second kappa shape index (κ2) is 7.78. The number of aliphatic hydroxyl groups is 1. The van der Waals surface area contributed by atoms with Crippen LogP contribution in [0, 0.1) is 5.92 Å². The molecule has 2 fully saturated rings. The number of hydrogen-bond donors (Lipinski definition) is 2. The van der Waals surface area contributed by atoms with Crippen LogP contribution >= 0.6 is 0 Å². The van der Waals surface area contributed by atoms with E-state index in [1.165, 1.54) is 0 Å². The van der Waals surface area contributed by atoms with Crippen LogP contribution in [-0.4, -0.2) is 46.6 Å². The maximum Gasteiger partial charge on any atom is 0.251 e. The van der Waals surface area contributed by atoms with Crippen LogP contribution in [0.2, 0.25) is 0 Å². The highest BCUT2D eigenvalue weighted by atomic mass is 16.3. The molecule has 1 aromatic carbocycles. The molecule has 0 bridgehead atoms. The zero-order chi connectivity index (χ0) is 18.7. The van der Waals surface area contributed by atoms with Gasteiger partial charge in [0, 0.05) is 30.6 Å². The third-order valence-electron chi connectivity index (χ3n) is 5.21. The van der Waals surface area contributed by atoms with E-state index in [1.54, 1.807) is 13.8 Å². The standard InChI is InChI=1S/C21H30N2O3/c1-21(2,26)11-10-15-5-3-6-17(13-15)19(24)22-18-7-4-12-23(14-18)20(25)16-8-9-16/h3,5-6,13,16,18,26H,4,7-12,14H2,1-2H3,(H,22,24)/t18-/m0/s1. The minimum Gasteiger partial charge on any atom is -0.390 e. The topological polar surface area (TPSA) is 69.6 Å². The number of nitrogens with zero attached hydrogens (tertiary/aromatic N) is 1. The fourth-order valence-corrected chi connectivity index (χ4v) is 3.47. The molecule has 1 aliphatic carbocycles. The van der Waals surface area contributed by atoms with E-state index in [0.717, 1.165) is 44.2 Å². The van der Waals surface area contributed by atoms with E-state index in [2.05, 4.69) is 5.32 Å². The molecule has 1 saturated heterocycles. The van der Waals surface area contributed by atoms with E-state index in [-0.39, 0.29) is 23.8 Å². The van der Waals surface area contributed by atoms with Gasteiger partial charge in [0.1, 0.15) is 0 Å². The Morgan fingerprint density at radius 2 is 2.04 bits per heavy atom. The van der Waals surface area contributed by atoms with E-state index < -0.39 is 5.60 Å². The first-order valence-electron chi connectivity index (χ1n) is 9.73. The summed E-state index contributed by atoms with van der Waals surface area (Å²) in [6.45, 7) is 5.02. The Morgan fingerprint density at radius 3 is 2.73 bits per heavy atom. The summed E-state index contributed by atoms with van der Waals surface area (Å²) >= 11 is 0. The molecule has 1 heterocycles. The second-order valence-corrected chi connectivity index (χ2v) is 8.38. The molecule has 5 nitrogen and oxygen atoms in total. The van der Waals surface area contributed by atoms with Crippen molar-refractivity contribution in [3.63, 3.8) is 0 Å². The first-order chi connectivity index (χ1) is 12.3. The highest BCUT2D eigenvalue weighted by Gasteiger charge is 2.35. The van der Waals surface area contributed by atoms with Gasteiger partial charge in [-0.1, -0.05) is 12.1 Å². The molecule has 0 aromatic heterocycles. The lowest BCUT2D eigenvalue weighted by molar-refractivity contribution is -0.133. The van der Waals surface area contributed by atoms with Crippen molar-refractivity contribution in [2.24, 2.45) is 5.92 Å². The Kier molecular flexibility index (Phi) is 5.66. The smallest absolute Gasteiger partial charge is 0.251 e. The molecule has 26 heavy (non-hydrogen) atoms. The normalized spacial score (nSPS) is 20.7. The number of benzene rings is 1. The van der Waals surface area contributed by atoms with Crippen molar-refractivity contribution >= 4 is 11.8 Å². The van der Waals surface area contributed by atoms with Crippen molar-refractivity contribution in [1.29, 1.82) is 0 Å². The third kappa shape index (κ3) is 5.31. The van der Waals surface area contributed by atoms with Gasteiger partial charge in [0.2, 0.25) is 5.91 Å². The lowest BCUT2D eigenvalue weighted by Crippen LogP contribution is -2.50. The Balaban J connectivity index is 1.56. The number of rotatable bonds is 6. The number of carbonyl (C=O) groups excluding carboxylic acids is 2. The highest BCUT2D eigenvalue weighted by Crippen LogP contribution is 2.31. The number of likely N-dealkylation sites (tertiary alicyclic amines) is 1. The van der Waals surface area contributed by atoms with Crippen molar-refractivity contribution in [1.82, 2.24) is 10.2 Å². The Labute approximate surface area is 155 Å². The maximum absolute atomic E-state index is 12.6. The Morgan fingerprint density at radius 1 is 1.27 bits per heavy atom. The molecule has 2 amide bonds. The zero-order valence-electron chi connectivity index (χ0n) is 15.8. The van der Waals surface area contributed by atoms with Gasteiger partial charge in [-0.25, -0.2) is 0 Å². The predicted molar refractivity (Wildman–Crippen MR) is 101 cm³/mol. The van der Waals surface area contributed by atoms with Gasteiger partial charge in [-0.05, 0) is 70.1 Å². The maximum atomic E-state index is 12.6. The van der Waals surface area contributed by atoms with Crippen LogP contribution in [0.3, 0.4) is 0 Å². The molecule has 2 N–H and O–H groups in total. The molecule has 1 saturated carbocycles. The van der Waals surface area contributed by atoms with Crippen LogP contribution < -0.4 is 5.32 Å². The molecular weight excluding hydrogens is 328 g/mol. The van der Waals surface area contributed by atoms with E-state index in [1.807, 2.05) is 29.2 Å². The fraction of sp³-hybridized carbons (Fsp3) is 0.619. The summed E-state index contributed by atoms with van der Waals surface area (Å²) in [4.78, 5) is 26.8. The van der Waals surface area contributed by atoms with Crippen molar-refractivity contribution < 1.29 is 14.7 Å². The summed E-state index contributed by atoms with van der Waals surface area (Å²) in [6.07, 6.45) is 5.28. The Bertz CT molecular complexity index is 661. The van der Waals surface area contributed by atoms with Crippen LogP contribution in [0.25, 0.3) is 0 Å². The molecule has 0 unspecified atom stereocenters. The summed E-state index contributed by atoms with van der Waals surface area (Å²) in [5.74, 6) is 0.412. The van der Waals surface area contributed by atoms with Crippen LogP contribution in [0.4, 0.5) is 0 Å². The van der Waals surface area contributed by atoms with Crippen molar-refractivity contribution in [2.45, 2.75) is 64.0 Å². The lowest BCUT2D eigenvalue weighted by Gasteiger charge is -2.33. The minimum atomic E-state index is -0.710. The molecule has 0 radical (unpaired) electrons. The van der Waals surface area contributed by atoms with Crippen molar-refractivity contribution in [3.05, 3.63) is 35.4 Å². The number of carbonyl (C=O) groups is 2. The number of amides is 2. The van der Waals surface area contributed by atoms with Crippen LogP contribution in [0.1, 0.15) is 61.9 Å². The quantitative estimate of drug-likeness (QED) is 0.821. The van der Waals surface area contributed by atoms with Crippen LogP contribution in [0.5, 0.6) is 0 Å². The van der Waals surface area contributed by atoms with E-state index >= 15 is 0 Å². The van der Waals surface area contributed by atoms with E-state index in [4.69, 9.17) is 0 Å². The molecule has 3 rings (SSSR count). The summed E-state index contributed by atoms with van der Waals surface area (Å²) in [7, 11) is 0. The summed E-state index contributed by atoms with van der Waals surface area (Å²) in [5.41, 5.74) is 0.982. The van der Waals surface area contributed by atoms with Gasteiger partial charge in [0.15, 0.2) is 0 Å². The predicted octanol–water partition coefficient (Wildman–Crippen LogP) is 2.52. The largest absolute Gasteiger partial charge is 0.390 e. The number of aryl methyl sites for hydroxylation is 1. The molecule has 1 aliphatic heterocycles. The molecule has 1 aromatic rings. The SMILES string of the molecule is CC(C)(O)CCc1cccc(C(=O)N[C@H]2CCCN(C(=O)C3CC3)C2)c1. The highest BCUT2D eigenvalue weighted by molar-refractivity contribution is 5.94. The molecule has 0 spiro atoms. The van der Waals surface area contributed by atoms with Gasteiger partial charge in [0.05, 0.1) is 5.60 Å². The van der Waals surface area contributed by atoms with Gasteiger partial charge >= 0.3 is 0 Å². The molecular formula is C21H30N2O3. The van der Waals surface area contributed by atoms with Gasteiger partial charge in [-0.3, -0.25) is 9.59 Å². The monoisotopic (exact) mass is 358 g/mol. The van der Waals surface area contributed by atoms with Crippen LogP contribution in [-0.2, 0) is 11.2 Å². The summed E-state index contributed by atoms with van der Waals surface area (Å²) < 4.78 is 0. The number of piperidine rings is 1. The summed E-state index contributed by atoms with van der Waals surface area (Å²) in [5, 5.41) is 13.0. The molecule has 5 heteroatoms. The van der Waals surface area contributed by atoms with Gasteiger partial charge in [0.25, 0.3) is 5.91 Å². The van der Waals surface area contributed by atoms with Gasteiger partial charge < -0.3 is 15.3 Å². The van der Waals surface area contributed by atoms with E-state index in [0.29, 0.717) is 18.5 Å². The lowest BCUT2D eigenvalue weighted by atomic mass is 9.97. The summed E-state index contributed by atoms with van der Waals surface area (Å²) in [6, 6.07) is 7.62. The number of nitrogens with one attached hydrogen (secondary N) is 1. The second-order valence-electron chi connectivity index (χ2n) is 8.38. The van der Waals surface area contributed by atoms with Crippen molar-refractivity contribution in [2.75, 3.05) is 13.1 Å².